The highest BCUT2D eigenvalue weighted by atomic mass is 19.1. The third-order valence-electron chi connectivity index (χ3n) is 4.58. The molecule has 0 radical (unpaired) electrons. The van der Waals surface area contributed by atoms with E-state index in [1.165, 1.54) is 12.1 Å². The number of nitrogens with zero attached hydrogens (tertiary/aromatic N) is 6. The van der Waals surface area contributed by atoms with E-state index >= 15 is 0 Å². The van der Waals surface area contributed by atoms with Crippen LogP contribution >= 0.6 is 0 Å². The average molecular weight is 400 g/mol. The lowest BCUT2D eigenvalue weighted by molar-refractivity contribution is 0.629. The third kappa shape index (κ3) is 3.31. The first-order chi connectivity index (χ1) is 14.5. The number of fused-ring (bicyclic) bond motifs is 1. The number of halogens is 1. The Bertz CT molecular complexity index is 1280. The van der Waals surface area contributed by atoms with E-state index in [4.69, 9.17) is 11.5 Å². The lowest BCUT2D eigenvalue weighted by atomic mass is 10.1. The minimum absolute atomic E-state index is 0.00587. The Morgan fingerprint density at radius 3 is 2.63 bits per heavy atom. The highest BCUT2D eigenvalue weighted by Gasteiger charge is 2.23. The fraction of sp³-hybridized carbons (Fsp3) is 0.0952. The molecule has 9 heteroatoms. The van der Waals surface area contributed by atoms with Crippen LogP contribution in [-0.2, 0) is 0 Å². The van der Waals surface area contributed by atoms with Crippen LogP contribution in [-0.4, -0.2) is 26.5 Å². The summed E-state index contributed by atoms with van der Waals surface area (Å²) in [6.45, 7) is 2.32. The molecule has 0 fully saturated rings. The van der Waals surface area contributed by atoms with Gasteiger partial charge in [-0.3, -0.25) is 4.98 Å². The van der Waals surface area contributed by atoms with Gasteiger partial charge >= 0.3 is 0 Å². The molecule has 4 aromatic rings. The molecule has 0 aliphatic heterocycles. The van der Waals surface area contributed by atoms with Crippen molar-refractivity contribution in [2.24, 2.45) is 0 Å². The maximum Gasteiger partial charge on any atom is 0.224 e. The van der Waals surface area contributed by atoms with Crippen LogP contribution in [0.2, 0.25) is 0 Å². The molecule has 0 atom stereocenters. The van der Waals surface area contributed by atoms with Crippen LogP contribution in [0.5, 0.6) is 0 Å². The van der Waals surface area contributed by atoms with Crippen molar-refractivity contribution < 1.29 is 4.39 Å². The second-order valence-electron chi connectivity index (χ2n) is 6.43. The normalized spacial score (nSPS) is 10.7. The molecule has 0 aliphatic rings. The minimum atomic E-state index is -0.384. The Morgan fingerprint density at radius 2 is 1.93 bits per heavy atom. The second kappa shape index (κ2) is 7.60. The monoisotopic (exact) mass is 400 g/mol. The summed E-state index contributed by atoms with van der Waals surface area (Å²) in [7, 11) is 0. The molecular formula is C21H17FN8. The van der Waals surface area contributed by atoms with Crippen molar-refractivity contribution in [1.82, 2.24) is 19.9 Å². The van der Waals surface area contributed by atoms with Crippen molar-refractivity contribution in [3.63, 3.8) is 0 Å². The Kier molecular flexibility index (Phi) is 4.82. The van der Waals surface area contributed by atoms with Gasteiger partial charge in [0.25, 0.3) is 0 Å². The van der Waals surface area contributed by atoms with E-state index in [2.05, 4.69) is 19.9 Å². The maximum absolute atomic E-state index is 13.8. The van der Waals surface area contributed by atoms with Gasteiger partial charge in [-0.05, 0) is 37.3 Å². The number of rotatable bonds is 4. The predicted molar refractivity (Wildman–Crippen MR) is 113 cm³/mol. The first kappa shape index (κ1) is 19.0. The van der Waals surface area contributed by atoms with Gasteiger partial charge < -0.3 is 16.4 Å². The molecule has 0 bridgehead atoms. The van der Waals surface area contributed by atoms with Crippen molar-refractivity contribution in [3.05, 3.63) is 60.0 Å². The van der Waals surface area contributed by atoms with E-state index in [-0.39, 0.29) is 29.0 Å². The van der Waals surface area contributed by atoms with E-state index < -0.39 is 0 Å². The molecule has 148 valence electrons. The summed E-state index contributed by atoms with van der Waals surface area (Å²) >= 11 is 0. The lowest BCUT2D eigenvalue weighted by Crippen LogP contribution is -2.22. The first-order valence-corrected chi connectivity index (χ1v) is 9.14. The number of anilines is 4. The quantitative estimate of drug-likeness (QED) is 0.533. The van der Waals surface area contributed by atoms with Crippen LogP contribution in [0.15, 0.2) is 48.7 Å². The molecule has 0 amide bonds. The smallest absolute Gasteiger partial charge is 0.224 e. The molecule has 0 spiro atoms. The molecule has 0 saturated carbocycles. The average Bonchev–Trinajstić information content (AvgIpc) is 2.74. The number of pyridine rings is 2. The molecule has 1 aromatic carbocycles. The van der Waals surface area contributed by atoms with Gasteiger partial charge in [-0.1, -0.05) is 6.07 Å². The first-order valence-electron chi connectivity index (χ1n) is 9.14. The van der Waals surface area contributed by atoms with Crippen LogP contribution in [0.1, 0.15) is 12.5 Å². The number of nitriles is 1. The topological polar surface area (TPSA) is 131 Å². The highest BCUT2D eigenvalue weighted by molar-refractivity contribution is 5.91. The van der Waals surface area contributed by atoms with Gasteiger partial charge in [-0.2, -0.15) is 15.2 Å². The number of hydrogen-bond donors (Lipinski definition) is 2. The van der Waals surface area contributed by atoms with Crippen LogP contribution in [0, 0.1) is 17.1 Å². The van der Waals surface area contributed by atoms with Gasteiger partial charge in [0.15, 0.2) is 5.82 Å². The molecule has 0 unspecified atom stereocenters. The zero-order valence-electron chi connectivity index (χ0n) is 16.0. The minimum Gasteiger partial charge on any atom is -0.382 e. The van der Waals surface area contributed by atoms with Crippen LogP contribution < -0.4 is 16.4 Å². The summed E-state index contributed by atoms with van der Waals surface area (Å²) in [6, 6.07) is 13.7. The molecule has 4 N–H and O–H groups in total. The van der Waals surface area contributed by atoms with Crippen molar-refractivity contribution in [1.29, 1.82) is 5.26 Å². The Hall–Kier alpha value is -4.32. The summed E-state index contributed by atoms with van der Waals surface area (Å²) in [5.74, 6) is -0.167. The molecule has 30 heavy (non-hydrogen) atoms. The van der Waals surface area contributed by atoms with Crippen LogP contribution in [0.3, 0.4) is 0 Å². The van der Waals surface area contributed by atoms with Gasteiger partial charge in [0.05, 0.1) is 16.9 Å². The third-order valence-corrected chi connectivity index (χ3v) is 4.58. The number of nitrogen functional groups attached to an aromatic ring is 2. The highest BCUT2D eigenvalue weighted by Crippen LogP contribution is 2.37. The standard InChI is InChI=1S/C21H17FN8/c1-2-30(20-14(11-23)19(24)28-21(25)29-20)17-9-12-6-7-13(22)10-16(12)27-18(17)15-5-3-4-8-26-15/h3-10H,2H2,1H3,(H4,24,25,28,29). The predicted octanol–water partition coefficient (Wildman–Crippen LogP) is 3.42. The van der Waals surface area contributed by atoms with Crippen LogP contribution in [0.25, 0.3) is 22.3 Å². The fourth-order valence-corrected chi connectivity index (χ4v) is 3.25. The summed E-state index contributed by atoms with van der Waals surface area (Å²) in [5.41, 5.74) is 14.0. The Labute approximate surface area is 171 Å². The number of benzene rings is 1. The van der Waals surface area contributed by atoms with Gasteiger partial charge in [0, 0.05) is 24.2 Å². The van der Waals surface area contributed by atoms with Crippen molar-refractivity contribution in [2.45, 2.75) is 6.92 Å². The van der Waals surface area contributed by atoms with E-state index in [1.54, 1.807) is 29.3 Å². The molecule has 4 rings (SSSR count). The lowest BCUT2D eigenvalue weighted by Gasteiger charge is -2.26. The van der Waals surface area contributed by atoms with E-state index in [0.29, 0.717) is 29.1 Å². The summed E-state index contributed by atoms with van der Waals surface area (Å²) in [6.07, 6.45) is 1.65. The van der Waals surface area contributed by atoms with E-state index in [0.717, 1.165) is 5.39 Å². The van der Waals surface area contributed by atoms with E-state index in [9.17, 15) is 9.65 Å². The largest absolute Gasteiger partial charge is 0.382 e. The Morgan fingerprint density at radius 1 is 1.10 bits per heavy atom. The van der Waals surface area contributed by atoms with Crippen molar-refractivity contribution in [3.8, 4) is 17.5 Å². The van der Waals surface area contributed by atoms with Crippen LogP contribution in [0.4, 0.5) is 27.7 Å². The molecule has 0 saturated heterocycles. The van der Waals surface area contributed by atoms with Crippen molar-refractivity contribution in [2.75, 3.05) is 22.9 Å². The van der Waals surface area contributed by atoms with Gasteiger partial charge in [-0.15, -0.1) is 0 Å². The molecule has 0 aliphatic carbocycles. The zero-order valence-corrected chi connectivity index (χ0v) is 16.0. The summed E-state index contributed by atoms with van der Waals surface area (Å²) in [5, 5.41) is 10.3. The summed E-state index contributed by atoms with van der Waals surface area (Å²) < 4.78 is 13.8. The van der Waals surface area contributed by atoms with Crippen molar-refractivity contribution >= 4 is 34.2 Å². The molecule has 3 heterocycles. The second-order valence-corrected chi connectivity index (χ2v) is 6.43. The fourth-order valence-electron chi connectivity index (χ4n) is 3.25. The maximum atomic E-state index is 13.8. The van der Waals surface area contributed by atoms with E-state index in [1.807, 2.05) is 25.1 Å². The number of nitrogens with two attached hydrogens (primary N) is 2. The van der Waals surface area contributed by atoms with Gasteiger partial charge in [0.2, 0.25) is 5.95 Å². The van der Waals surface area contributed by atoms with Gasteiger partial charge in [-0.25, -0.2) is 9.37 Å². The number of aromatic nitrogens is 4. The SMILES string of the molecule is CCN(c1cc2ccc(F)cc2nc1-c1ccccn1)c1nc(N)nc(N)c1C#N. The Balaban J connectivity index is 2.03. The molecular weight excluding hydrogens is 383 g/mol. The summed E-state index contributed by atoms with van der Waals surface area (Å²) in [4.78, 5) is 19.0. The molecule has 8 nitrogen and oxygen atoms in total. The molecule has 3 aromatic heterocycles. The number of hydrogen-bond acceptors (Lipinski definition) is 8. The zero-order chi connectivity index (χ0) is 21.3. The van der Waals surface area contributed by atoms with Gasteiger partial charge in [0.1, 0.15) is 29.0 Å².